The minimum absolute atomic E-state index is 0.0126. The molecular formula is C15H14FN5O5. The molecule has 0 spiro atoms. The van der Waals surface area contributed by atoms with Gasteiger partial charge in [-0.1, -0.05) is 4.98 Å². The van der Waals surface area contributed by atoms with Crippen LogP contribution in [0.5, 0.6) is 5.75 Å². The van der Waals surface area contributed by atoms with Crippen LogP contribution in [0.1, 0.15) is 0 Å². The average molecular weight is 363 g/mol. The van der Waals surface area contributed by atoms with Gasteiger partial charge in [0.15, 0.2) is 0 Å². The number of fused-ring (bicyclic) bond motifs is 1. The molecule has 0 amide bonds. The molecule has 0 fully saturated rings. The van der Waals surface area contributed by atoms with Gasteiger partial charge in [0.05, 0.1) is 0 Å². The topological polar surface area (TPSA) is 114 Å². The number of hydrogen-bond donors (Lipinski definition) is 0. The number of halogens is 1. The quantitative estimate of drug-likeness (QED) is 0.483. The highest BCUT2D eigenvalue weighted by atomic mass is 19.1. The molecule has 0 saturated carbocycles. The van der Waals surface area contributed by atoms with Crippen LogP contribution in [0.2, 0.25) is 0 Å². The molecule has 0 saturated heterocycles. The molecule has 0 aliphatic heterocycles. The third-order valence-corrected chi connectivity index (χ3v) is 3.88. The number of nitrogens with zero attached hydrogens (tertiary/aromatic N) is 5. The van der Waals surface area contributed by atoms with Gasteiger partial charge in [-0.25, -0.2) is 13.8 Å². The van der Waals surface area contributed by atoms with E-state index in [0.29, 0.717) is 5.75 Å². The van der Waals surface area contributed by atoms with Gasteiger partial charge in [-0.3, -0.25) is 13.9 Å². The predicted molar refractivity (Wildman–Crippen MR) is 88.8 cm³/mol. The Morgan fingerprint density at radius 2 is 1.85 bits per heavy atom. The molecule has 0 unspecified atom stereocenters. The van der Waals surface area contributed by atoms with E-state index in [1.807, 2.05) is 0 Å². The third-order valence-electron chi connectivity index (χ3n) is 3.88. The van der Waals surface area contributed by atoms with E-state index >= 15 is 0 Å². The lowest BCUT2D eigenvalue weighted by Gasteiger charge is -2.08. The molecule has 2 heterocycles. The van der Waals surface area contributed by atoms with Crippen LogP contribution in [0.15, 0.2) is 33.9 Å². The van der Waals surface area contributed by atoms with Crippen LogP contribution in [0.25, 0.3) is 11.2 Å². The molecule has 11 heteroatoms. The summed E-state index contributed by atoms with van der Waals surface area (Å²) < 4.78 is 21.4. The SMILES string of the molecule is Cn1c(=O)c2nc([N+](=O)[O-])n(CCOc3ccc(F)cc3)c2n(C)c1=O. The molecule has 0 N–H and O–H groups in total. The summed E-state index contributed by atoms with van der Waals surface area (Å²) in [5.41, 5.74) is -1.49. The molecule has 1 aromatic carbocycles. The van der Waals surface area contributed by atoms with Crippen molar-refractivity contribution in [2.24, 2.45) is 14.1 Å². The lowest BCUT2D eigenvalue weighted by molar-refractivity contribution is -0.396. The number of rotatable bonds is 5. The standard InChI is InChI=1S/C15H14FN5O5/c1-18-12-11(13(22)19(2)15(18)23)17-14(21(24)25)20(12)7-8-26-10-5-3-9(16)4-6-10/h3-6H,7-8H2,1-2H3. The number of nitro groups is 1. The second-order valence-electron chi connectivity index (χ2n) is 5.50. The van der Waals surface area contributed by atoms with Gasteiger partial charge < -0.3 is 14.9 Å². The van der Waals surface area contributed by atoms with E-state index in [2.05, 4.69) is 4.98 Å². The van der Waals surface area contributed by atoms with E-state index in [-0.39, 0.29) is 24.3 Å². The second kappa shape index (κ2) is 6.43. The summed E-state index contributed by atoms with van der Waals surface area (Å²) in [5.74, 6) is -0.608. The van der Waals surface area contributed by atoms with E-state index in [1.54, 1.807) is 0 Å². The van der Waals surface area contributed by atoms with Gasteiger partial charge in [0.2, 0.25) is 5.65 Å². The number of ether oxygens (including phenoxy) is 1. The maximum Gasteiger partial charge on any atom is 0.437 e. The first-order valence-electron chi connectivity index (χ1n) is 7.50. The fourth-order valence-electron chi connectivity index (χ4n) is 2.61. The summed E-state index contributed by atoms with van der Waals surface area (Å²) in [6.45, 7) is -0.0496. The minimum Gasteiger partial charge on any atom is -0.490 e. The fourth-order valence-corrected chi connectivity index (χ4v) is 2.61. The van der Waals surface area contributed by atoms with Crippen molar-refractivity contribution < 1.29 is 14.1 Å². The molecule has 0 aliphatic rings. The molecule has 2 aromatic heterocycles. The van der Waals surface area contributed by atoms with Crippen molar-refractivity contribution in [1.29, 1.82) is 0 Å². The second-order valence-corrected chi connectivity index (χ2v) is 5.50. The highest BCUT2D eigenvalue weighted by Gasteiger charge is 2.27. The first-order valence-corrected chi connectivity index (χ1v) is 7.50. The van der Waals surface area contributed by atoms with Crippen molar-refractivity contribution in [3.8, 4) is 5.75 Å². The van der Waals surface area contributed by atoms with Gasteiger partial charge in [-0.2, -0.15) is 0 Å². The third kappa shape index (κ3) is 2.83. The van der Waals surface area contributed by atoms with Gasteiger partial charge in [0, 0.05) is 14.1 Å². The van der Waals surface area contributed by atoms with Gasteiger partial charge in [0.1, 0.15) is 24.7 Å². The summed E-state index contributed by atoms with van der Waals surface area (Å²) in [4.78, 5) is 38.7. The van der Waals surface area contributed by atoms with E-state index in [0.717, 1.165) is 13.7 Å². The lowest BCUT2D eigenvalue weighted by atomic mass is 10.3. The smallest absolute Gasteiger partial charge is 0.437 e. The molecule has 3 rings (SSSR count). The molecule has 3 aromatic rings. The largest absolute Gasteiger partial charge is 0.490 e. The summed E-state index contributed by atoms with van der Waals surface area (Å²) >= 11 is 0. The average Bonchev–Trinajstić information content (AvgIpc) is 3.00. The van der Waals surface area contributed by atoms with Crippen molar-refractivity contribution in [3.63, 3.8) is 0 Å². The summed E-state index contributed by atoms with van der Waals surface area (Å²) in [5, 5.41) is 11.3. The van der Waals surface area contributed by atoms with Crippen LogP contribution in [-0.2, 0) is 20.6 Å². The van der Waals surface area contributed by atoms with E-state index < -0.39 is 27.9 Å². The maximum absolute atomic E-state index is 12.9. The summed E-state index contributed by atoms with van der Waals surface area (Å²) in [7, 11) is 2.67. The Bertz CT molecular complexity index is 1110. The molecule has 136 valence electrons. The normalized spacial score (nSPS) is 11.0. The number of hydrogen-bond acceptors (Lipinski definition) is 6. The van der Waals surface area contributed by atoms with Crippen molar-refractivity contribution in [1.82, 2.24) is 18.7 Å². The van der Waals surface area contributed by atoms with Gasteiger partial charge in [-0.15, -0.1) is 0 Å². The van der Waals surface area contributed by atoms with Crippen LogP contribution in [0.3, 0.4) is 0 Å². The van der Waals surface area contributed by atoms with Crippen LogP contribution in [-0.4, -0.2) is 30.2 Å². The molecule has 0 radical (unpaired) electrons. The van der Waals surface area contributed by atoms with Crippen LogP contribution in [0.4, 0.5) is 10.3 Å². The molecule has 0 aliphatic carbocycles. The summed E-state index contributed by atoms with van der Waals surface area (Å²) in [6, 6.07) is 5.28. The van der Waals surface area contributed by atoms with Crippen molar-refractivity contribution in [2.45, 2.75) is 6.54 Å². The Morgan fingerprint density at radius 3 is 2.46 bits per heavy atom. The highest BCUT2D eigenvalue weighted by molar-refractivity contribution is 5.72. The van der Waals surface area contributed by atoms with Gasteiger partial charge >= 0.3 is 17.2 Å². The highest BCUT2D eigenvalue weighted by Crippen LogP contribution is 2.18. The van der Waals surface area contributed by atoms with Crippen molar-refractivity contribution in [3.05, 3.63) is 61.0 Å². The Hall–Kier alpha value is -3.50. The Morgan fingerprint density at radius 1 is 1.19 bits per heavy atom. The molecule has 0 atom stereocenters. The monoisotopic (exact) mass is 363 g/mol. The fraction of sp³-hybridized carbons (Fsp3) is 0.267. The Balaban J connectivity index is 2.02. The van der Waals surface area contributed by atoms with Crippen LogP contribution >= 0.6 is 0 Å². The van der Waals surface area contributed by atoms with E-state index in [4.69, 9.17) is 4.74 Å². The van der Waals surface area contributed by atoms with Crippen molar-refractivity contribution in [2.75, 3.05) is 6.61 Å². The lowest BCUT2D eigenvalue weighted by Crippen LogP contribution is -2.37. The van der Waals surface area contributed by atoms with Gasteiger partial charge in [0.25, 0.3) is 5.52 Å². The molecule has 10 nitrogen and oxygen atoms in total. The number of benzene rings is 1. The first-order chi connectivity index (χ1) is 12.3. The first kappa shape index (κ1) is 17.3. The zero-order valence-electron chi connectivity index (χ0n) is 13.9. The zero-order chi connectivity index (χ0) is 19.0. The Kier molecular flexibility index (Phi) is 4.28. The number of imidazole rings is 1. The predicted octanol–water partition coefficient (Wildman–Crippen LogP) is 0.560. The van der Waals surface area contributed by atoms with Crippen LogP contribution in [0, 0.1) is 15.9 Å². The number of aryl methyl sites for hydroxylation is 1. The minimum atomic E-state index is -0.734. The van der Waals surface area contributed by atoms with Gasteiger partial charge in [-0.05, 0) is 29.2 Å². The van der Waals surface area contributed by atoms with Crippen molar-refractivity contribution >= 4 is 17.1 Å². The van der Waals surface area contributed by atoms with E-state index in [9.17, 15) is 24.1 Å². The molecular weight excluding hydrogens is 349 g/mol. The maximum atomic E-state index is 12.9. The van der Waals surface area contributed by atoms with E-state index in [1.165, 1.54) is 38.4 Å². The molecule has 0 bridgehead atoms. The zero-order valence-corrected chi connectivity index (χ0v) is 13.9. The summed E-state index contributed by atoms with van der Waals surface area (Å²) in [6.07, 6.45) is 0. The Labute approximate surface area is 144 Å². The number of aromatic nitrogens is 4. The van der Waals surface area contributed by atoms with Crippen LogP contribution < -0.4 is 16.0 Å². The molecule has 26 heavy (non-hydrogen) atoms.